The van der Waals surface area contributed by atoms with E-state index in [9.17, 15) is 19.6 Å². The van der Waals surface area contributed by atoms with Gasteiger partial charge in [-0.2, -0.15) is 5.26 Å². The van der Waals surface area contributed by atoms with Crippen molar-refractivity contribution >= 4 is 23.9 Å². The van der Waals surface area contributed by atoms with Gasteiger partial charge in [0.05, 0.1) is 13.2 Å². The van der Waals surface area contributed by atoms with Crippen molar-refractivity contribution in [2.45, 2.75) is 27.2 Å². The van der Waals surface area contributed by atoms with Crippen LogP contribution in [0.25, 0.3) is 6.08 Å². The smallest absolute Gasteiger partial charge is 0.302 e. The van der Waals surface area contributed by atoms with Gasteiger partial charge in [-0.25, -0.2) is 0 Å². The number of carbonyl (C=O) groups excluding carboxylic acids is 3. The summed E-state index contributed by atoms with van der Waals surface area (Å²) in [5.74, 6) is -0.995. The van der Waals surface area contributed by atoms with Gasteiger partial charge in [-0.1, -0.05) is 19.1 Å². The molecule has 0 bridgehead atoms. The standard InChI is InChI=1S/C21H22N2O5/c1-4-10-28-17-7-5-16(6-8-17)12-18-14(2)19(13-22)21(26)23(20(18)25)9-11-27-15(3)24/h5-8,12H,4,9-11H2,1-3H3/b18-12+. The first kappa shape index (κ1) is 20.9. The molecule has 1 aliphatic heterocycles. The molecule has 146 valence electrons. The molecule has 0 radical (unpaired) electrons. The number of imide groups is 1. The Bertz CT molecular complexity index is 875. The fraction of sp³-hybridized carbons (Fsp3) is 0.333. The number of amides is 2. The maximum atomic E-state index is 12.8. The van der Waals surface area contributed by atoms with Gasteiger partial charge in [-0.15, -0.1) is 0 Å². The van der Waals surface area contributed by atoms with Crippen molar-refractivity contribution in [1.29, 1.82) is 5.26 Å². The molecular weight excluding hydrogens is 360 g/mol. The van der Waals surface area contributed by atoms with E-state index in [0.717, 1.165) is 22.6 Å². The normalized spacial score (nSPS) is 15.6. The number of esters is 1. The van der Waals surface area contributed by atoms with Crippen molar-refractivity contribution in [3.8, 4) is 11.8 Å². The first-order valence-corrected chi connectivity index (χ1v) is 8.94. The molecule has 0 aliphatic carbocycles. The van der Waals surface area contributed by atoms with E-state index in [4.69, 9.17) is 9.47 Å². The number of benzene rings is 1. The lowest BCUT2D eigenvalue weighted by molar-refractivity contribution is -0.147. The summed E-state index contributed by atoms with van der Waals surface area (Å²) in [5, 5.41) is 9.36. The van der Waals surface area contributed by atoms with Crippen molar-refractivity contribution < 1.29 is 23.9 Å². The lowest BCUT2D eigenvalue weighted by Gasteiger charge is -2.27. The van der Waals surface area contributed by atoms with E-state index in [1.54, 1.807) is 37.3 Å². The molecule has 2 rings (SSSR count). The number of nitriles is 1. The minimum Gasteiger partial charge on any atom is -0.494 e. The summed E-state index contributed by atoms with van der Waals surface area (Å²) in [6.07, 6.45) is 2.53. The molecule has 0 N–H and O–H groups in total. The van der Waals surface area contributed by atoms with Crippen LogP contribution in [-0.2, 0) is 19.1 Å². The highest BCUT2D eigenvalue weighted by atomic mass is 16.5. The summed E-state index contributed by atoms with van der Waals surface area (Å²) in [7, 11) is 0. The number of hydrogen-bond donors (Lipinski definition) is 0. The Morgan fingerprint density at radius 1 is 1.18 bits per heavy atom. The van der Waals surface area contributed by atoms with Crippen molar-refractivity contribution in [2.24, 2.45) is 0 Å². The Balaban J connectivity index is 2.32. The molecule has 7 heteroatoms. The van der Waals surface area contributed by atoms with Crippen LogP contribution in [0, 0.1) is 11.3 Å². The van der Waals surface area contributed by atoms with Gasteiger partial charge in [0.2, 0.25) is 0 Å². The lowest BCUT2D eigenvalue weighted by atomic mass is 9.93. The van der Waals surface area contributed by atoms with Crippen LogP contribution in [0.3, 0.4) is 0 Å². The highest BCUT2D eigenvalue weighted by Crippen LogP contribution is 2.27. The van der Waals surface area contributed by atoms with Crippen molar-refractivity contribution in [3.05, 3.63) is 46.5 Å². The van der Waals surface area contributed by atoms with Crippen molar-refractivity contribution in [2.75, 3.05) is 19.8 Å². The van der Waals surface area contributed by atoms with E-state index in [2.05, 4.69) is 0 Å². The number of carbonyl (C=O) groups is 3. The van der Waals surface area contributed by atoms with Crippen LogP contribution < -0.4 is 4.74 Å². The summed E-state index contributed by atoms with van der Waals surface area (Å²) < 4.78 is 10.4. The zero-order chi connectivity index (χ0) is 20.7. The summed E-state index contributed by atoms with van der Waals surface area (Å²) in [4.78, 5) is 37.1. The Morgan fingerprint density at radius 2 is 1.86 bits per heavy atom. The molecule has 0 saturated carbocycles. The second-order valence-corrected chi connectivity index (χ2v) is 6.19. The molecule has 2 amide bonds. The maximum absolute atomic E-state index is 12.8. The van der Waals surface area contributed by atoms with E-state index in [1.807, 2.05) is 13.0 Å². The van der Waals surface area contributed by atoms with Crippen LogP contribution in [0.2, 0.25) is 0 Å². The Morgan fingerprint density at radius 3 is 2.43 bits per heavy atom. The third-order valence-electron chi connectivity index (χ3n) is 4.11. The number of rotatable bonds is 7. The molecule has 0 aromatic heterocycles. The zero-order valence-electron chi connectivity index (χ0n) is 16.2. The molecule has 1 aromatic rings. The summed E-state index contributed by atoms with van der Waals surface area (Å²) in [6, 6.07) is 9.05. The number of hydrogen-bond acceptors (Lipinski definition) is 6. The highest BCUT2D eigenvalue weighted by molar-refractivity contribution is 6.19. The maximum Gasteiger partial charge on any atom is 0.302 e. The number of nitrogens with zero attached hydrogens (tertiary/aromatic N) is 2. The largest absolute Gasteiger partial charge is 0.494 e. The zero-order valence-corrected chi connectivity index (χ0v) is 16.2. The molecule has 28 heavy (non-hydrogen) atoms. The molecule has 0 spiro atoms. The van der Waals surface area contributed by atoms with Gasteiger partial charge >= 0.3 is 5.97 Å². The summed E-state index contributed by atoms with van der Waals surface area (Å²) in [5.41, 5.74) is 1.21. The predicted octanol–water partition coefficient (Wildman–Crippen LogP) is 2.63. The predicted molar refractivity (Wildman–Crippen MR) is 102 cm³/mol. The Kier molecular flexibility index (Phi) is 7.10. The van der Waals surface area contributed by atoms with Gasteiger partial charge in [-0.05, 0) is 42.7 Å². The lowest BCUT2D eigenvalue weighted by Crippen LogP contribution is -2.44. The van der Waals surface area contributed by atoms with Gasteiger partial charge in [0.15, 0.2) is 0 Å². The Hall–Kier alpha value is -3.40. The van der Waals surface area contributed by atoms with Crippen LogP contribution in [-0.4, -0.2) is 42.4 Å². The second-order valence-electron chi connectivity index (χ2n) is 6.19. The van der Waals surface area contributed by atoms with Crippen molar-refractivity contribution in [3.63, 3.8) is 0 Å². The van der Waals surface area contributed by atoms with E-state index in [-0.39, 0.29) is 24.3 Å². The molecule has 0 saturated heterocycles. The second kappa shape index (κ2) is 9.51. The van der Waals surface area contributed by atoms with E-state index < -0.39 is 17.8 Å². The van der Waals surface area contributed by atoms with E-state index in [0.29, 0.717) is 12.2 Å². The molecular formula is C21H22N2O5. The fourth-order valence-electron chi connectivity index (χ4n) is 2.66. The van der Waals surface area contributed by atoms with E-state index >= 15 is 0 Å². The molecule has 1 heterocycles. The van der Waals surface area contributed by atoms with Crippen molar-refractivity contribution in [1.82, 2.24) is 4.90 Å². The average Bonchev–Trinajstić information content (AvgIpc) is 2.67. The minimum absolute atomic E-state index is 0.100. The monoisotopic (exact) mass is 382 g/mol. The van der Waals surface area contributed by atoms with Gasteiger partial charge in [0.1, 0.15) is 24.0 Å². The SMILES string of the molecule is CCCOc1ccc(/C=C2/C(=O)N(CCOC(C)=O)C(=O)C(C#N)=C2C)cc1. The molecule has 7 nitrogen and oxygen atoms in total. The third kappa shape index (κ3) is 4.86. The number of ether oxygens (including phenoxy) is 2. The summed E-state index contributed by atoms with van der Waals surface area (Å²) in [6.45, 7) is 5.21. The molecule has 0 atom stereocenters. The van der Waals surface area contributed by atoms with Crippen LogP contribution in [0.15, 0.2) is 41.0 Å². The topological polar surface area (TPSA) is 96.7 Å². The molecule has 0 fully saturated rings. The third-order valence-corrected chi connectivity index (χ3v) is 4.11. The first-order valence-electron chi connectivity index (χ1n) is 8.94. The van der Waals surface area contributed by atoms with Crippen LogP contribution in [0.4, 0.5) is 0 Å². The highest BCUT2D eigenvalue weighted by Gasteiger charge is 2.35. The molecule has 1 aromatic carbocycles. The molecule has 0 unspecified atom stereocenters. The van der Waals surface area contributed by atoms with Gasteiger partial charge in [0, 0.05) is 12.5 Å². The van der Waals surface area contributed by atoms with Crippen LogP contribution in [0.1, 0.15) is 32.8 Å². The van der Waals surface area contributed by atoms with Gasteiger partial charge in [-0.3, -0.25) is 19.3 Å². The summed E-state index contributed by atoms with van der Waals surface area (Å²) >= 11 is 0. The molecule has 1 aliphatic rings. The average molecular weight is 382 g/mol. The fourth-order valence-corrected chi connectivity index (χ4v) is 2.66. The Labute approximate surface area is 163 Å². The first-order chi connectivity index (χ1) is 13.4. The minimum atomic E-state index is -0.683. The van der Waals surface area contributed by atoms with Crippen LogP contribution in [0.5, 0.6) is 5.75 Å². The van der Waals surface area contributed by atoms with Crippen LogP contribution >= 0.6 is 0 Å². The quantitative estimate of drug-likeness (QED) is 0.409. The van der Waals surface area contributed by atoms with E-state index in [1.165, 1.54) is 6.92 Å². The van der Waals surface area contributed by atoms with Gasteiger partial charge < -0.3 is 9.47 Å². The van der Waals surface area contributed by atoms with Gasteiger partial charge in [0.25, 0.3) is 11.8 Å².